The first-order valence-electron chi connectivity index (χ1n) is 11.1. The molecule has 1 aliphatic carbocycles. The fraction of sp³-hybridized carbons (Fsp3) is 0.308. The highest BCUT2D eigenvalue weighted by molar-refractivity contribution is 6.00. The van der Waals surface area contributed by atoms with E-state index in [0.717, 1.165) is 16.8 Å². The minimum Gasteiger partial charge on any atom is -0.383 e. The van der Waals surface area contributed by atoms with Crippen molar-refractivity contribution < 1.29 is 9.53 Å². The molecule has 2 aliphatic heterocycles. The summed E-state index contributed by atoms with van der Waals surface area (Å²) in [6, 6.07) is 22.3. The first kappa shape index (κ1) is 20.5. The summed E-state index contributed by atoms with van der Waals surface area (Å²) < 4.78 is 5.54. The molecular formula is C26H26N4O2. The quantitative estimate of drug-likeness (QED) is 0.810. The third kappa shape index (κ3) is 3.50. The number of allylic oxidation sites excluding steroid dienone is 3. The van der Waals surface area contributed by atoms with E-state index in [9.17, 15) is 10.1 Å². The molecule has 0 saturated carbocycles. The Bertz CT molecular complexity index is 1110. The number of hydrogen-bond donors (Lipinski definition) is 1. The predicted molar refractivity (Wildman–Crippen MR) is 121 cm³/mol. The molecule has 5 rings (SSSR count). The number of nitriles is 1. The van der Waals surface area contributed by atoms with Gasteiger partial charge in [0.05, 0.1) is 30.8 Å². The zero-order valence-electron chi connectivity index (χ0n) is 17.9. The second-order valence-electron chi connectivity index (χ2n) is 8.43. The summed E-state index contributed by atoms with van der Waals surface area (Å²) >= 11 is 0. The lowest BCUT2D eigenvalue weighted by atomic mass is 9.72. The molecule has 0 radical (unpaired) electrons. The van der Waals surface area contributed by atoms with Gasteiger partial charge in [0, 0.05) is 30.8 Å². The summed E-state index contributed by atoms with van der Waals surface area (Å²) in [4.78, 5) is 13.7. The van der Waals surface area contributed by atoms with Crippen LogP contribution in [0.3, 0.4) is 0 Å². The highest BCUT2D eigenvalue weighted by Gasteiger charge is 2.44. The van der Waals surface area contributed by atoms with Gasteiger partial charge in [0.2, 0.25) is 0 Å². The first-order chi connectivity index (χ1) is 15.7. The van der Waals surface area contributed by atoms with Crippen LogP contribution in [0.2, 0.25) is 0 Å². The van der Waals surface area contributed by atoms with Gasteiger partial charge in [0.25, 0.3) is 0 Å². The smallest absolute Gasteiger partial charge is 0.162 e. The second kappa shape index (κ2) is 8.62. The van der Waals surface area contributed by atoms with Crippen LogP contribution in [0.4, 0.5) is 0 Å². The van der Waals surface area contributed by atoms with Crippen LogP contribution in [0.1, 0.15) is 35.8 Å². The van der Waals surface area contributed by atoms with Crippen molar-refractivity contribution in [1.82, 2.24) is 10.0 Å². The molecule has 162 valence electrons. The zero-order valence-corrected chi connectivity index (χ0v) is 17.9. The van der Waals surface area contributed by atoms with Crippen LogP contribution in [0.15, 0.2) is 83.3 Å². The summed E-state index contributed by atoms with van der Waals surface area (Å²) in [7, 11) is 0. The molecular weight excluding hydrogens is 400 g/mol. The van der Waals surface area contributed by atoms with Crippen molar-refractivity contribution >= 4 is 5.78 Å². The van der Waals surface area contributed by atoms with Crippen LogP contribution in [0.5, 0.6) is 0 Å². The maximum Gasteiger partial charge on any atom is 0.162 e. The molecule has 2 N–H and O–H groups in total. The number of hydrogen-bond acceptors (Lipinski definition) is 6. The predicted octanol–water partition coefficient (Wildman–Crippen LogP) is 3.43. The van der Waals surface area contributed by atoms with E-state index in [2.05, 4.69) is 23.2 Å². The molecule has 2 atom stereocenters. The third-order valence-corrected chi connectivity index (χ3v) is 6.61. The number of benzene rings is 2. The molecule has 6 nitrogen and oxygen atoms in total. The zero-order chi connectivity index (χ0) is 22.1. The van der Waals surface area contributed by atoms with E-state index in [-0.39, 0.29) is 11.7 Å². The molecule has 0 unspecified atom stereocenters. The number of morpholine rings is 1. The second-order valence-corrected chi connectivity index (χ2v) is 8.43. The lowest BCUT2D eigenvalue weighted by Crippen LogP contribution is -2.52. The lowest BCUT2D eigenvalue weighted by Gasteiger charge is -2.47. The SMILES string of the molecule is N#CC1=C(N)N(N2CCOCC2)C2=C(C(=O)C[C@@H](c3ccccc3)C2)[C@H]1c1ccccc1. The van der Waals surface area contributed by atoms with Crippen LogP contribution in [0, 0.1) is 11.3 Å². The van der Waals surface area contributed by atoms with Gasteiger partial charge < -0.3 is 10.5 Å². The summed E-state index contributed by atoms with van der Waals surface area (Å²) in [6.45, 7) is 2.51. The normalized spacial score (nSPS) is 24.3. The van der Waals surface area contributed by atoms with Gasteiger partial charge in [-0.25, -0.2) is 5.01 Å². The monoisotopic (exact) mass is 426 g/mol. The summed E-state index contributed by atoms with van der Waals surface area (Å²) in [5.74, 6) is 0.160. The largest absolute Gasteiger partial charge is 0.383 e. The molecule has 32 heavy (non-hydrogen) atoms. The minimum absolute atomic E-state index is 0.0823. The van der Waals surface area contributed by atoms with Gasteiger partial charge in [-0.15, -0.1) is 0 Å². The highest BCUT2D eigenvalue weighted by Crippen LogP contribution is 2.48. The summed E-state index contributed by atoms with van der Waals surface area (Å²) in [5, 5.41) is 14.2. The number of carbonyl (C=O) groups is 1. The summed E-state index contributed by atoms with van der Waals surface area (Å²) in [6.07, 6.45) is 1.13. The molecule has 6 heteroatoms. The van der Waals surface area contributed by atoms with Gasteiger partial charge in [-0.3, -0.25) is 9.80 Å². The van der Waals surface area contributed by atoms with Crippen LogP contribution in [-0.2, 0) is 9.53 Å². The first-order valence-corrected chi connectivity index (χ1v) is 11.1. The molecule has 2 heterocycles. The van der Waals surface area contributed by atoms with Gasteiger partial charge in [-0.1, -0.05) is 60.7 Å². The Labute approximate surface area is 188 Å². The lowest BCUT2D eigenvalue weighted by molar-refractivity contribution is -0.117. The average molecular weight is 427 g/mol. The van der Waals surface area contributed by atoms with Crippen molar-refractivity contribution in [2.24, 2.45) is 5.73 Å². The van der Waals surface area contributed by atoms with E-state index in [1.807, 2.05) is 53.5 Å². The Morgan fingerprint density at radius 1 is 0.938 bits per heavy atom. The maximum atomic E-state index is 13.7. The van der Waals surface area contributed by atoms with E-state index in [4.69, 9.17) is 10.5 Å². The topological polar surface area (TPSA) is 82.6 Å². The molecule has 3 aliphatic rings. The van der Waals surface area contributed by atoms with Gasteiger partial charge in [0.1, 0.15) is 5.82 Å². The number of rotatable bonds is 3. The van der Waals surface area contributed by atoms with Crippen molar-refractivity contribution in [2.75, 3.05) is 26.3 Å². The Hall–Kier alpha value is -3.40. The summed E-state index contributed by atoms with van der Waals surface area (Å²) in [5.41, 5.74) is 10.8. The van der Waals surface area contributed by atoms with E-state index in [1.54, 1.807) is 0 Å². The molecule has 2 aromatic carbocycles. The Kier molecular flexibility index (Phi) is 5.52. The Morgan fingerprint density at radius 2 is 1.56 bits per heavy atom. The van der Waals surface area contributed by atoms with E-state index >= 15 is 0 Å². The molecule has 0 amide bonds. The molecule has 0 aromatic heterocycles. The fourth-order valence-electron chi connectivity index (χ4n) is 5.13. The molecule has 1 saturated heterocycles. The number of hydrazine groups is 1. The standard InChI is InChI=1S/C26H26N4O2/c27-17-21-24(19-9-5-2-6-10-19)25-22(30(26(21)28)29-11-13-32-14-12-29)15-20(16-23(25)31)18-7-3-1-4-8-18/h1-10,20,24H,11-16,28H2/t20-,24-/m0/s1. The number of ketones is 1. The van der Waals surface area contributed by atoms with Crippen LogP contribution in [0.25, 0.3) is 0 Å². The Balaban J connectivity index is 1.66. The Morgan fingerprint density at radius 3 is 2.19 bits per heavy atom. The van der Waals surface area contributed by atoms with Gasteiger partial charge in [-0.2, -0.15) is 5.26 Å². The number of Topliss-reactive ketones (excluding diaryl/α,β-unsaturated/α-hetero) is 1. The maximum absolute atomic E-state index is 13.7. The van der Waals surface area contributed by atoms with Crippen molar-refractivity contribution in [3.05, 3.63) is 94.5 Å². The molecule has 2 aromatic rings. The van der Waals surface area contributed by atoms with E-state index < -0.39 is 5.92 Å². The molecule has 0 spiro atoms. The van der Waals surface area contributed by atoms with Crippen molar-refractivity contribution in [3.8, 4) is 6.07 Å². The van der Waals surface area contributed by atoms with E-state index in [0.29, 0.717) is 56.1 Å². The third-order valence-electron chi connectivity index (χ3n) is 6.61. The number of nitrogens with two attached hydrogens (primary N) is 1. The van der Waals surface area contributed by atoms with Crippen LogP contribution in [-0.4, -0.2) is 42.1 Å². The van der Waals surface area contributed by atoms with E-state index in [1.165, 1.54) is 0 Å². The van der Waals surface area contributed by atoms with Gasteiger partial charge in [-0.05, 0) is 23.5 Å². The number of nitrogens with zero attached hydrogens (tertiary/aromatic N) is 3. The highest BCUT2D eigenvalue weighted by atomic mass is 16.5. The van der Waals surface area contributed by atoms with Crippen LogP contribution >= 0.6 is 0 Å². The van der Waals surface area contributed by atoms with Gasteiger partial charge in [0.15, 0.2) is 5.78 Å². The fourth-order valence-corrected chi connectivity index (χ4v) is 5.13. The van der Waals surface area contributed by atoms with Gasteiger partial charge >= 0.3 is 0 Å². The average Bonchev–Trinajstić information content (AvgIpc) is 2.85. The van der Waals surface area contributed by atoms with Crippen molar-refractivity contribution in [2.45, 2.75) is 24.7 Å². The van der Waals surface area contributed by atoms with Crippen molar-refractivity contribution in [1.29, 1.82) is 5.26 Å². The number of carbonyl (C=O) groups excluding carboxylic acids is 1. The molecule has 1 fully saturated rings. The molecule has 0 bridgehead atoms. The van der Waals surface area contributed by atoms with Crippen molar-refractivity contribution in [3.63, 3.8) is 0 Å². The van der Waals surface area contributed by atoms with Crippen LogP contribution < -0.4 is 5.73 Å². The minimum atomic E-state index is -0.433. The number of ether oxygens (including phenoxy) is 1.